The van der Waals surface area contributed by atoms with E-state index in [2.05, 4.69) is 22.2 Å². The van der Waals surface area contributed by atoms with Crippen LogP contribution in [0.4, 0.5) is 10.1 Å². The van der Waals surface area contributed by atoms with E-state index in [4.69, 9.17) is 14.0 Å². The summed E-state index contributed by atoms with van der Waals surface area (Å²) in [4.78, 5) is 25.7. The fourth-order valence-electron chi connectivity index (χ4n) is 8.38. The summed E-state index contributed by atoms with van der Waals surface area (Å²) in [6.07, 6.45) is 11.6. The molecular formula is C32H36FN5O3. The van der Waals surface area contributed by atoms with E-state index in [9.17, 15) is 9.18 Å². The normalized spacial score (nSPS) is 36.0. The topological polar surface area (TPSA) is 98.2 Å². The molecule has 8 aliphatic rings. The minimum absolute atomic E-state index is 0.0187. The molecule has 8 fully saturated rings. The molecule has 2 heterocycles. The standard InChI is InChI=1S/C32H36FN5O3/c1-28(7-8-28)26-35-25(37-41-26)30-12-9-29(10-13-30,11-14-30)19-38(27(39)31-16-32(33,17-31)18-31)22-4-2-3-21(15-22)24-34-23(36-40-24)20-5-6-20/h2-4,15,20H,5-14,16-19H2,1H3. The molecule has 1 aromatic carbocycles. The van der Waals surface area contributed by atoms with Crippen LogP contribution < -0.4 is 4.90 Å². The Bertz CT molecular complexity index is 1520. The molecule has 11 rings (SSSR count). The molecule has 0 radical (unpaired) electrons. The first-order valence-corrected chi connectivity index (χ1v) is 15.5. The zero-order valence-electron chi connectivity index (χ0n) is 23.6. The van der Waals surface area contributed by atoms with Crippen molar-refractivity contribution in [3.05, 3.63) is 41.8 Å². The van der Waals surface area contributed by atoms with Crippen molar-refractivity contribution in [1.82, 2.24) is 20.3 Å². The van der Waals surface area contributed by atoms with Gasteiger partial charge in [-0.2, -0.15) is 9.97 Å². The van der Waals surface area contributed by atoms with Crippen molar-refractivity contribution in [2.45, 2.75) is 113 Å². The molecule has 214 valence electrons. The molecule has 9 heteroatoms. The maximum absolute atomic E-state index is 14.6. The van der Waals surface area contributed by atoms with Crippen LogP contribution in [0.3, 0.4) is 0 Å². The number of aromatic nitrogens is 4. The van der Waals surface area contributed by atoms with E-state index < -0.39 is 11.1 Å². The van der Waals surface area contributed by atoms with Gasteiger partial charge in [-0.05, 0) is 107 Å². The number of carbonyl (C=O) groups is 1. The van der Waals surface area contributed by atoms with Crippen LogP contribution in [0.2, 0.25) is 0 Å². The van der Waals surface area contributed by atoms with Gasteiger partial charge in [0, 0.05) is 34.5 Å². The van der Waals surface area contributed by atoms with Crippen molar-refractivity contribution >= 4 is 11.6 Å². The Morgan fingerprint density at radius 1 is 0.976 bits per heavy atom. The highest BCUT2D eigenvalue weighted by Crippen LogP contribution is 2.70. The van der Waals surface area contributed by atoms with E-state index in [0.29, 0.717) is 37.6 Å². The second-order valence-corrected chi connectivity index (χ2v) is 14.9. The van der Waals surface area contributed by atoms with Crippen LogP contribution >= 0.6 is 0 Å². The van der Waals surface area contributed by atoms with E-state index in [-0.39, 0.29) is 22.2 Å². The van der Waals surface area contributed by atoms with E-state index in [1.165, 1.54) is 0 Å². The Hall–Kier alpha value is -3.10. The maximum atomic E-state index is 14.6. The van der Waals surface area contributed by atoms with Crippen molar-refractivity contribution in [3.8, 4) is 11.5 Å². The highest BCUT2D eigenvalue weighted by atomic mass is 19.1. The van der Waals surface area contributed by atoms with E-state index in [1.54, 1.807) is 0 Å². The van der Waals surface area contributed by atoms with Crippen LogP contribution in [0.25, 0.3) is 11.5 Å². The number of hydrogen-bond acceptors (Lipinski definition) is 7. The lowest BCUT2D eigenvalue weighted by Crippen LogP contribution is -2.71. The summed E-state index contributed by atoms with van der Waals surface area (Å²) < 4.78 is 25.9. The van der Waals surface area contributed by atoms with E-state index >= 15 is 0 Å². The molecule has 0 saturated heterocycles. The largest absolute Gasteiger partial charge is 0.339 e. The van der Waals surface area contributed by atoms with Crippen LogP contribution in [0, 0.1) is 10.8 Å². The molecule has 41 heavy (non-hydrogen) atoms. The van der Waals surface area contributed by atoms with Gasteiger partial charge in [0.15, 0.2) is 11.6 Å². The lowest BCUT2D eigenvalue weighted by Gasteiger charge is -2.65. The molecule has 1 amide bonds. The molecule has 0 aliphatic heterocycles. The molecule has 0 unspecified atom stereocenters. The first-order valence-electron chi connectivity index (χ1n) is 15.5. The van der Waals surface area contributed by atoms with Gasteiger partial charge in [0.1, 0.15) is 5.67 Å². The third kappa shape index (κ3) is 3.65. The van der Waals surface area contributed by atoms with Crippen molar-refractivity contribution in [1.29, 1.82) is 0 Å². The number of halogens is 1. The predicted molar refractivity (Wildman–Crippen MR) is 147 cm³/mol. The van der Waals surface area contributed by atoms with Crippen molar-refractivity contribution < 1.29 is 18.2 Å². The summed E-state index contributed by atoms with van der Waals surface area (Å²) in [5.41, 5.74) is 0.0794. The summed E-state index contributed by atoms with van der Waals surface area (Å²) in [5.74, 6) is 3.44. The summed E-state index contributed by atoms with van der Waals surface area (Å²) in [6, 6.07) is 7.93. The van der Waals surface area contributed by atoms with Gasteiger partial charge >= 0.3 is 0 Å². The molecule has 3 aromatic rings. The number of hydrogen-bond donors (Lipinski definition) is 0. The summed E-state index contributed by atoms with van der Waals surface area (Å²) in [6.45, 7) is 2.86. The third-order valence-corrected chi connectivity index (χ3v) is 11.8. The van der Waals surface area contributed by atoms with Gasteiger partial charge in [-0.15, -0.1) is 0 Å². The lowest BCUT2D eigenvalue weighted by atomic mass is 9.41. The Kier molecular flexibility index (Phi) is 4.68. The van der Waals surface area contributed by atoms with Gasteiger partial charge in [-0.3, -0.25) is 4.79 Å². The van der Waals surface area contributed by atoms with Crippen molar-refractivity contribution in [2.75, 3.05) is 11.4 Å². The van der Waals surface area contributed by atoms with Gasteiger partial charge in [-0.25, -0.2) is 4.39 Å². The summed E-state index contributed by atoms with van der Waals surface area (Å²) in [7, 11) is 0. The Morgan fingerprint density at radius 3 is 2.37 bits per heavy atom. The quantitative estimate of drug-likeness (QED) is 0.309. The Balaban J connectivity index is 0.993. The monoisotopic (exact) mass is 557 g/mol. The number of alkyl halides is 1. The van der Waals surface area contributed by atoms with Crippen LogP contribution in [0.15, 0.2) is 33.3 Å². The number of rotatable bonds is 8. The number of anilines is 1. The van der Waals surface area contributed by atoms with Gasteiger partial charge < -0.3 is 13.9 Å². The number of carbonyl (C=O) groups excluding carboxylic acids is 1. The molecule has 8 saturated carbocycles. The number of benzene rings is 1. The molecule has 8 aliphatic carbocycles. The summed E-state index contributed by atoms with van der Waals surface area (Å²) >= 11 is 0. The Labute approximate surface area is 238 Å². The summed E-state index contributed by atoms with van der Waals surface area (Å²) in [5, 5.41) is 8.67. The molecule has 0 N–H and O–H groups in total. The first kappa shape index (κ1) is 24.5. The second-order valence-electron chi connectivity index (χ2n) is 14.9. The van der Waals surface area contributed by atoms with E-state index in [0.717, 1.165) is 93.0 Å². The van der Waals surface area contributed by atoms with Crippen LogP contribution in [0.5, 0.6) is 0 Å². The van der Waals surface area contributed by atoms with Crippen LogP contribution in [-0.2, 0) is 15.6 Å². The van der Waals surface area contributed by atoms with Gasteiger partial charge in [0.05, 0.1) is 5.41 Å². The second kappa shape index (κ2) is 7.84. The predicted octanol–water partition coefficient (Wildman–Crippen LogP) is 6.57. The molecule has 4 bridgehead atoms. The van der Waals surface area contributed by atoms with E-state index in [1.807, 2.05) is 29.2 Å². The van der Waals surface area contributed by atoms with Crippen molar-refractivity contribution in [2.24, 2.45) is 10.8 Å². The van der Waals surface area contributed by atoms with Gasteiger partial charge in [0.25, 0.3) is 5.89 Å². The molecule has 8 nitrogen and oxygen atoms in total. The highest BCUT2D eigenvalue weighted by Gasteiger charge is 2.73. The zero-order chi connectivity index (χ0) is 27.7. The minimum atomic E-state index is -1.12. The smallest absolute Gasteiger partial charge is 0.258 e. The minimum Gasteiger partial charge on any atom is -0.339 e. The third-order valence-electron chi connectivity index (χ3n) is 11.8. The average molecular weight is 558 g/mol. The number of amides is 1. The zero-order valence-corrected chi connectivity index (χ0v) is 23.6. The van der Waals surface area contributed by atoms with Crippen molar-refractivity contribution in [3.63, 3.8) is 0 Å². The number of fused-ring (bicyclic) bond motifs is 3. The first-order chi connectivity index (χ1) is 19.7. The molecule has 2 aromatic heterocycles. The molecule has 0 spiro atoms. The maximum Gasteiger partial charge on any atom is 0.258 e. The van der Waals surface area contributed by atoms with Gasteiger partial charge in [-0.1, -0.05) is 23.3 Å². The molecule has 0 atom stereocenters. The van der Waals surface area contributed by atoms with Crippen LogP contribution in [-0.4, -0.2) is 38.4 Å². The van der Waals surface area contributed by atoms with Crippen LogP contribution in [0.1, 0.15) is 114 Å². The Morgan fingerprint density at radius 2 is 1.71 bits per heavy atom. The lowest BCUT2D eigenvalue weighted by molar-refractivity contribution is -0.211. The highest BCUT2D eigenvalue weighted by molar-refractivity contribution is 6.00. The van der Waals surface area contributed by atoms with Gasteiger partial charge in [0.2, 0.25) is 11.8 Å². The molecular weight excluding hydrogens is 521 g/mol. The fourth-order valence-corrected chi connectivity index (χ4v) is 8.38. The number of nitrogens with zero attached hydrogens (tertiary/aromatic N) is 5. The SMILES string of the molecule is CC1(c2nc(C34CCC(CN(C(=O)C56CC(F)(C5)C6)c5cccc(-c6nc(C7CC7)no6)c5)(CC3)CC4)no2)CC1. The fraction of sp³-hybridized carbons (Fsp3) is 0.656. The average Bonchev–Trinajstić information content (AvgIpc) is 3.83.